The summed E-state index contributed by atoms with van der Waals surface area (Å²) in [4.78, 5) is 0.391. The summed E-state index contributed by atoms with van der Waals surface area (Å²) in [6, 6.07) is 7.58. The fourth-order valence-corrected chi connectivity index (χ4v) is 2.66. The van der Waals surface area contributed by atoms with Crippen LogP contribution in [0.3, 0.4) is 0 Å². The van der Waals surface area contributed by atoms with Crippen LogP contribution in [0.25, 0.3) is 0 Å². The van der Waals surface area contributed by atoms with Crippen LogP contribution in [0.2, 0.25) is 0 Å². The van der Waals surface area contributed by atoms with Gasteiger partial charge in [-0.25, -0.2) is 8.42 Å². The monoisotopic (exact) mass is 239 g/mol. The number of rotatable bonds is 4. The van der Waals surface area contributed by atoms with E-state index in [0.717, 1.165) is 0 Å². The van der Waals surface area contributed by atoms with E-state index in [1.165, 1.54) is 24.7 Å². The second kappa shape index (κ2) is 4.18. The third kappa shape index (κ3) is 2.44. The van der Waals surface area contributed by atoms with Crippen molar-refractivity contribution in [3.8, 4) is 0 Å². The molecule has 1 aromatic rings. The van der Waals surface area contributed by atoms with E-state index in [2.05, 4.69) is 5.32 Å². The smallest absolute Gasteiger partial charge is 0.175 e. The Hall–Kier alpha value is -0.870. The van der Waals surface area contributed by atoms with Crippen molar-refractivity contribution in [1.82, 2.24) is 5.32 Å². The first-order valence-electron chi connectivity index (χ1n) is 5.49. The zero-order valence-corrected chi connectivity index (χ0v) is 10.4. The van der Waals surface area contributed by atoms with Crippen LogP contribution in [0.1, 0.15) is 24.4 Å². The van der Waals surface area contributed by atoms with Crippen molar-refractivity contribution in [3.63, 3.8) is 0 Å². The first-order valence-corrected chi connectivity index (χ1v) is 7.39. The minimum atomic E-state index is -3.08. The van der Waals surface area contributed by atoms with Crippen LogP contribution in [0.4, 0.5) is 0 Å². The van der Waals surface area contributed by atoms with Gasteiger partial charge in [0.25, 0.3) is 0 Å². The molecule has 0 radical (unpaired) electrons. The largest absolute Gasteiger partial charge is 0.313 e. The molecule has 4 heteroatoms. The van der Waals surface area contributed by atoms with E-state index < -0.39 is 9.84 Å². The number of hydrogen-bond acceptors (Lipinski definition) is 3. The maximum Gasteiger partial charge on any atom is 0.175 e. The quantitative estimate of drug-likeness (QED) is 0.871. The van der Waals surface area contributed by atoms with Gasteiger partial charge in [-0.2, -0.15) is 0 Å². The Labute approximate surface area is 96.8 Å². The molecule has 1 aromatic carbocycles. The van der Waals surface area contributed by atoms with Gasteiger partial charge in [-0.1, -0.05) is 12.1 Å². The van der Waals surface area contributed by atoms with Crippen molar-refractivity contribution in [3.05, 3.63) is 29.8 Å². The number of hydrogen-bond donors (Lipinski definition) is 1. The van der Waals surface area contributed by atoms with Gasteiger partial charge >= 0.3 is 0 Å². The minimum absolute atomic E-state index is 0.369. The Balaban J connectivity index is 2.24. The Morgan fingerprint density at radius 3 is 2.19 bits per heavy atom. The second-order valence-electron chi connectivity index (χ2n) is 4.44. The summed E-state index contributed by atoms with van der Waals surface area (Å²) < 4.78 is 22.6. The Morgan fingerprint density at radius 1 is 1.25 bits per heavy atom. The van der Waals surface area contributed by atoms with Crippen molar-refractivity contribution in [1.29, 1.82) is 0 Å². The van der Waals surface area contributed by atoms with E-state index in [1.54, 1.807) is 12.1 Å². The molecule has 0 saturated heterocycles. The fraction of sp³-hybridized carbons (Fsp3) is 0.500. The van der Waals surface area contributed by atoms with Crippen molar-refractivity contribution < 1.29 is 8.42 Å². The van der Waals surface area contributed by atoms with Crippen molar-refractivity contribution in [2.75, 3.05) is 13.3 Å². The summed E-state index contributed by atoms with van der Waals surface area (Å²) in [5, 5.41) is 3.29. The zero-order valence-electron chi connectivity index (χ0n) is 9.60. The first kappa shape index (κ1) is 11.6. The lowest BCUT2D eigenvalue weighted by atomic mass is 10.0. The van der Waals surface area contributed by atoms with Crippen LogP contribution < -0.4 is 5.32 Å². The third-order valence-corrected chi connectivity index (χ3v) is 4.20. The highest BCUT2D eigenvalue weighted by molar-refractivity contribution is 7.90. The summed E-state index contributed by atoms with van der Waals surface area (Å²) in [6.07, 6.45) is 3.76. The molecule has 16 heavy (non-hydrogen) atoms. The maximum atomic E-state index is 11.3. The van der Waals surface area contributed by atoms with Crippen LogP contribution in [-0.4, -0.2) is 21.7 Å². The minimum Gasteiger partial charge on any atom is -0.313 e. The molecule has 1 fully saturated rings. The molecule has 0 spiro atoms. The van der Waals surface area contributed by atoms with Gasteiger partial charge in [0.1, 0.15) is 0 Å². The molecule has 88 valence electrons. The van der Waals surface area contributed by atoms with Gasteiger partial charge in [-0.05, 0) is 43.5 Å². The van der Waals surface area contributed by atoms with Gasteiger partial charge in [-0.15, -0.1) is 0 Å². The predicted octanol–water partition coefficient (Wildman–Crippen LogP) is 1.76. The summed E-state index contributed by atoms with van der Waals surface area (Å²) in [5.41, 5.74) is 1.18. The number of sulfone groups is 1. The standard InChI is InChI=1S/C12H17NO2S/c1-13-12(9-3-4-9)10-5-7-11(8-6-10)16(2,14)15/h5-9,12-13H,3-4H2,1-2H3. The van der Waals surface area contributed by atoms with Gasteiger partial charge in [0.2, 0.25) is 0 Å². The molecule has 0 amide bonds. The summed E-state index contributed by atoms with van der Waals surface area (Å²) in [7, 11) is -1.13. The summed E-state index contributed by atoms with van der Waals surface area (Å²) >= 11 is 0. The fourth-order valence-electron chi connectivity index (χ4n) is 2.03. The predicted molar refractivity (Wildman–Crippen MR) is 64.1 cm³/mol. The number of benzene rings is 1. The topological polar surface area (TPSA) is 46.2 Å². The van der Waals surface area contributed by atoms with Crippen LogP contribution in [0, 0.1) is 5.92 Å². The first-order chi connectivity index (χ1) is 7.52. The second-order valence-corrected chi connectivity index (χ2v) is 6.46. The molecule has 3 nitrogen and oxygen atoms in total. The number of nitrogens with one attached hydrogen (secondary N) is 1. The Morgan fingerprint density at radius 2 is 1.81 bits per heavy atom. The Kier molecular flexibility index (Phi) is 3.04. The SMILES string of the molecule is CNC(c1ccc(S(C)(=O)=O)cc1)C1CC1. The van der Waals surface area contributed by atoms with Crippen molar-refractivity contribution in [2.24, 2.45) is 5.92 Å². The zero-order chi connectivity index (χ0) is 11.8. The molecule has 1 N–H and O–H groups in total. The summed E-state index contributed by atoms with van der Waals surface area (Å²) in [6.45, 7) is 0. The molecule has 0 aromatic heterocycles. The van der Waals surface area contributed by atoms with E-state index in [4.69, 9.17) is 0 Å². The maximum absolute atomic E-state index is 11.3. The van der Waals surface area contributed by atoms with Crippen molar-refractivity contribution >= 4 is 9.84 Å². The van der Waals surface area contributed by atoms with E-state index in [1.807, 2.05) is 19.2 Å². The van der Waals surface area contributed by atoms with E-state index in [9.17, 15) is 8.42 Å². The average molecular weight is 239 g/mol. The Bertz CT molecular complexity index is 460. The molecule has 0 heterocycles. The third-order valence-electron chi connectivity index (χ3n) is 3.07. The van der Waals surface area contributed by atoms with E-state index in [0.29, 0.717) is 16.9 Å². The van der Waals surface area contributed by atoms with Gasteiger partial charge < -0.3 is 5.32 Å². The molecule has 0 bridgehead atoms. The lowest BCUT2D eigenvalue weighted by molar-refractivity contribution is 0.528. The van der Waals surface area contributed by atoms with Crippen LogP contribution >= 0.6 is 0 Å². The molecule has 0 aliphatic heterocycles. The van der Waals surface area contributed by atoms with Crippen molar-refractivity contribution in [2.45, 2.75) is 23.8 Å². The molecule has 1 saturated carbocycles. The highest BCUT2D eigenvalue weighted by Crippen LogP contribution is 2.40. The van der Waals surface area contributed by atoms with Gasteiger partial charge in [-0.3, -0.25) is 0 Å². The molecule has 2 rings (SSSR count). The lowest BCUT2D eigenvalue weighted by Gasteiger charge is -2.15. The van der Waals surface area contributed by atoms with E-state index >= 15 is 0 Å². The average Bonchev–Trinajstić information content (AvgIpc) is 3.03. The highest BCUT2D eigenvalue weighted by atomic mass is 32.2. The highest BCUT2D eigenvalue weighted by Gasteiger charge is 2.31. The van der Waals surface area contributed by atoms with Gasteiger partial charge in [0, 0.05) is 12.3 Å². The van der Waals surface area contributed by atoms with Gasteiger partial charge in [0.15, 0.2) is 9.84 Å². The molecule has 1 aliphatic carbocycles. The molecule has 1 unspecified atom stereocenters. The normalized spacial score (nSPS) is 18.4. The van der Waals surface area contributed by atoms with E-state index in [-0.39, 0.29) is 0 Å². The molecular formula is C12H17NO2S. The van der Waals surface area contributed by atoms with Gasteiger partial charge in [0.05, 0.1) is 4.90 Å². The summed E-state index contributed by atoms with van der Waals surface area (Å²) in [5.74, 6) is 0.717. The van der Waals surface area contributed by atoms with Crippen LogP contribution in [0.5, 0.6) is 0 Å². The molecular weight excluding hydrogens is 222 g/mol. The van der Waals surface area contributed by atoms with Crippen LogP contribution in [-0.2, 0) is 9.84 Å². The molecule has 1 aliphatic rings. The lowest BCUT2D eigenvalue weighted by Crippen LogP contribution is -2.18. The molecule has 1 atom stereocenters. The van der Waals surface area contributed by atoms with Crippen LogP contribution in [0.15, 0.2) is 29.2 Å².